The van der Waals surface area contributed by atoms with Crippen LogP contribution in [0, 0.1) is 0 Å². The first-order chi connectivity index (χ1) is 9.54. The Morgan fingerprint density at radius 2 is 2.10 bits per heavy atom. The predicted octanol–water partition coefficient (Wildman–Crippen LogP) is 0.836. The lowest BCUT2D eigenvalue weighted by Crippen LogP contribution is -2.28. The number of hydrogen-bond acceptors (Lipinski definition) is 7. The van der Waals surface area contributed by atoms with Crippen molar-refractivity contribution < 1.29 is 9.47 Å². The summed E-state index contributed by atoms with van der Waals surface area (Å²) >= 11 is 0. The van der Waals surface area contributed by atoms with Gasteiger partial charge in [0.2, 0.25) is 5.88 Å². The topological polar surface area (TPSA) is 85.5 Å². The van der Waals surface area contributed by atoms with Gasteiger partial charge >= 0.3 is 0 Å². The van der Waals surface area contributed by atoms with Crippen LogP contribution in [0.3, 0.4) is 0 Å². The van der Waals surface area contributed by atoms with Crippen molar-refractivity contribution in [3.63, 3.8) is 0 Å². The highest BCUT2D eigenvalue weighted by atomic mass is 16.5. The molecule has 0 radical (unpaired) electrons. The third kappa shape index (κ3) is 5.58. The van der Waals surface area contributed by atoms with E-state index in [1.54, 1.807) is 7.11 Å². The van der Waals surface area contributed by atoms with E-state index in [0.717, 1.165) is 26.2 Å². The Morgan fingerprint density at radius 1 is 1.35 bits per heavy atom. The van der Waals surface area contributed by atoms with E-state index in [2.05, 4.69) is 20.2 Å². The first kappa shape index (κ1) is 16.5. The number of nitrogens with one attached hydrogen (secondary N) is 1. The van der Waals surface area contributed by atoms with Crippen molar-refractivity contribution in [1.82, 2.24) is 14.9 Å². The minimum Gasteiger partial charge on any atom is -0.473 e. The molecule has 0 saturated heterocycles. The maximum atomic E-state index is 5.98. The Bertz CT molecular complexity index is 400. The first-order valence-electron chi connectivity index (χ1n) is 6.73. The summed E-state index contributed by atoms with van der Waals surface area (Å²) in [5.41, 5.74) is 6.43. The van der Waals surface area contributed by atoms with E-state index < -0.39 is 0 Å². The van der Waals surface area contributed by atoms with Gasteiger partial charge in [-0.05, 0) is 20.9 Å². The summed E-state index contributed by atoms with van der Waals surface area (Å²) < 4.78 is 10.6. The monoisotopic (exact) mass is 283 g/mol. The molecule has 0 unspecified atom stereocenters. The highest BCUT2D eigenvalue weighted by Gasteiger charge is 2.10. The molecule has 1 aromatic heterocycles. The fourth-order valence-electron chi connectivity index (χ4n) is 1.56. The van der Waals surface area contributed by atoms with Crippen LogP contribution in [0.15, 0.2) is 6.33 Å². The van der Waals surface area contributed by atoms with Gasteiger partial charge in [-0.1, -0.05) is 0 Å². The number of aromatic nitrogens is 2. The number of hydrogen-bond donors (Lipinski definition) is 2. The summed E-state index contributed by atoms with van der Waals surface area (Å²) in [5, 5.41) is 3.20. The SMILES string of the molecule is COCCN(C)CCNc1ncnc(OC(C)C)c1N. The van der Waals surface area contributed by atoms with Crippen LogP contribution < -0.4 is 15.8 Å². The van der Waals surface area contributed by atoms with Gasteiger partial charge in [-0.3, -0.25) is 0 Å². The van der Waals surface area contributed by atoms with Crippen LogP contribution in [-0.4, -0.2) is 61.4 Å². The van der Waals surface area contributed by atoms with Crippen LogP contribution >= 0.6 is 0 Å². The maximum Gasteiger partial charge on any atom is 0.242 e. The lowest BCUT2D eigenvalue weighted by Gasteiger charge is -2.17. The Morgan fingerprint density at radius 3 is 2.75 bits per heavy atom. The molecule has 0 aliphatic rings. The van der Waals surface area contributed by atoms with Gasteiger partial charge in [0, 0.05) is 26.7 Å². The average Bonchev–Trinajstić information content (AvgIpc) is 2.40. The smallest absolute Gasteiger partial charge is 0.242 e. The molecule has 1 heterocycles. The summed E-state index contributed by atoms with van der Waals surface area (Å²) in [5.74, 6) is 1.03. The van der Waals surface area contributed by atoms with Crippen molar-refractivity contribution in [2.75, 3.05) is 51.4 Å². The number of rotatable bonds is 9. The normalized spacial score (nSPS) is 11.1. The number of methoxy groups -OCH3 is 1. The molecule has 20 heavy (non-hydrogen) atoms. The number of ether oxygens (including phenoxy) is 2. The molecule has 0 amide bonds. The van der Waals surface area contributed by atoms with Gasteiger partial charge in [0.15, 0.2) is 5.82 Å². The Kier molecular flexibility index (Phi) is 7.03. The zero-order chi connectivity index (χ0) is 15.0. The molecule has 0 aliphatic heterocycles. The molecule has 7 nitrogen and oxygen atoms in total. The van der Waals surface area contributed by atoms with Crippen molar-refractivity contribution >= 4 is 11.5 Å². The molecule has 0 saturated carbocycles. The lowest BCUT2D eigenvalue weighted by atomic mass is 10.4. The highest BCUT2D eigenvalue weighted by molar-refractivity contribution is 5.66. The van der Waals surface area contributed by atoms with Gasteiger partial charge < -0.3 is 25.4 Å². The fourth-order valence-corrected chi connectivity index (χ4v) is 1.56. The van der Waals surface area contributed by atoms with Gasteiger partial charge in [-0.15, -0.1) is 0 Å². The predicted molar refractivity (Wildman–Crippen MR) is 80.1 cm³/mol. The van der Waals surface area contributed by atoms with E-state index in [1.807, 2.05) is 20.9 Å². The second-order valence-corrected chi connectivity index (χ2v) is 4.83. The van der Waals surface area contributed by atoms with Gasteiger partial charge in [0.25, 0.3) is 0 Å². The van der Waals surface area contributed by atoms with Crippen molar-refractivity contribution in [1.29, 1.82) is 0 Å². The van der Waals surface area contributed by atoms with Crippen LogP contribution in [0.2, 0.25) is 0 Å². The lowest BCUT2D eigenvalue weighted by molar-refractivity contribution is 0.163. The second kappa shape index (κ2) is 8.55. The van der Waals surface area contributed by atoms with Crippen LogP contribution in [0.4, 0.5) is 11.5 Å². The number of nitrogens with zero attached hydrogens (tertiary/aromatic N) is 3. The summed E-state index contributed by atoms with van der Waals surface area (Å²) in [4.78, 5) is 10.3. The number of anilines is 2. The first-order valence-corrected chi connectivity index (χ1v) is 6.73. The molecule has 3 N–H and O–H groups in total. The Labute approximate surface area is 120 Å². The van der Waals surface area contributed by atoms with E-state index in [-0.39, 0.29) is 6.10 Å². The minimum absolute atomic E-state index is 0.0280. The molecule has 0 bridgehead atoms. The molecule has 114 valence electrons. The van der Waals surface area contributed by atoms with Crippen LogP contribution in [0.5, 0.6) is 5.88 Å². The van der Waals surface area contributed by atoms with E-state index in [4.69, 9.17) is 15.2 Å². The molecule has 1 aromatic rings. The summed E-state index contributed by atoms with van der Waals surface area (Å²) in [7, 11) is 3.74. The van der Waals surface area contributed by atoms with E-state index in [1.165, 1.54) is 6.33 Å². The largest absolute Gasteiger partial charge is 0.473 e. The molecule has 0 spiro atoms. The summed E-state index contributed by atoms with van der Waals surface area (Å²) in [6.45, 7) is 7.08. The number of nitrogens with two attached hydrogens (primary N) is 1. The maximum absolute atomic E-state index is 5.98. The van der Waals surface area contributed by atoms with Gasteiger partial charge in [0.05, 0.1) is 12.7 Å². The zero-order valence-corrected chi connectivity index (χ0v) is 12.7. The van der Waals surface area contributed by atoms with Gasteiger partial charge in [-0.2, -0.15) is 4.98 Å². The molecule has 0 fully saturated rings. The van der Waals surface area contributed by atoms with E-state index >= 15 is 0 Å². The zero-order valence-electron chi connectivity index (χ0n) is 12.7. The van der Waals surface area contributed by atoms with Crippen molar-refractivity contribution in [3.05, 3.63) is 6.33 Å². The van der Waals surface area contributed by atoms with Crippen LogP contribution in [0.1, 0.15) is 13.8 Å². The molecular weight excluding hydrogens is 258 g/mol. The van der Waals surface area contributed by atoms with E-state index in [9.17, 15) is 0 Å². The highest BCUT2D eigenvalue weighted by Crippen LogP contribution is 2.25. The molecule has 7 heteroatoms. The van der Waals surface area contributed by atoms with Gasteiger partial charge in [-0.25, -0.2) is 4.98 Å². The molecule has 0 aromatic carbocycles. The summed E-state index contributed by atoms with van der Waals surface area (Å²) in [6, 6.07) is 0. The Balaban J connectivity index is 2.47. The van der Waals surface area contributed by atoms with Crippen molar-refractivity contribution in [2.24, 2.45) is 0 Å². The standard InChI is InChI=1S/C13H25N5O2/c1-10(2)20-13-11(14)12(16-9-17-13)15-5-6-18(3)7-8-19-4/h9-10H,5-8,14H2,1-4H3,(H,15,16,17). The van der Waals surface area contributed by atoms with E-state index in [0.29, 0.717) is 17.4 Å². The third-order valence-corrected chi connectivity index (χ3v) is 2.66. The molecule has 0 atom stereocenters. The summed E-state index contributed by atoms with van der Waals surface area (Å²) in [6.07, 6.45) is 1.48. The molecular formula is C13H25N5O2. The quantitative estimate of drug-likeness (QED) is 0.694. The van der Waals surface area contributed by atoms with Crippen molar-refractivity contribution in [2.45, 2.75) is 20.0 Å². The number of likely N-dealkylation sites (N-methyl/N-ethyl adjacent to an activating group) is 1. The second-order valence-electron chi connectivity index (χ2n) is 4.83. The fraction of sp³-hybridized carbons (Fsp3) is 0.692. The van der Waals surface area contributed by atoms with Gasteiger partial charge in [0.1, 0.15) is 12.0 Å². The third-order valence-electron chi connectivity index (χ3n) is 2.66. The van der Waals surface area contributed by atoms with Crippen LogP contribution in [-0.2, 0) is 4.74 Å². The number of nitrogen functional groups attached to an aromatic ring is 1. The molecule has 1 rings (SSSR count). The minimum atomic E-state index is 0.0280. The van der Waals surface area contributed by atoms with Crippen LogP contribution in [0.25, 0.3) is 0 Å². The average molecular weight is 283 g/mol. The van der Waals surface area contributed by atoms with Crippen molar-refractivity contribution in [3.8, 4) is 5.88 Å². The molecule has 0 aliphatic carbocycles. The Hall–Kier alpha value is -1.60.